The Morgan fingerprint density at radius 1 is 0.932 bits per heavy atom. The van der Waals surface area contributed by atoms with E-state index in [1.165, 1.54) is 11.8 Å². The first-order chi connectivity index (χ1) is 21.5. The number of aliphatic hydroxyl groups is 1. The Morgan fingerprint density at radius 3 is 2.45 bits per heavy atom. The second kappa shape index (κ2) is 13.4. The van der Waals surface area contributed by atoms with Gasteiger partial charge in [0.1, 0.15) is 5.69 Å². The minimum atomic E-state index is -0.644. The normalized spacial score (nSPS) is 19.1. The molecule has 1 fully saturated rings. The lowest BCUT2D eigenvalue weighted by Crippen LogP contribution is -2.38. The molecule has 5 aromatic rings. The predicted molar refractivity (Wildman–Crippen MR) is 170 cm³/mol. The van der Waals surface area contributed by atoms with Crippen LogP contribution in [0, 0.1) is 0 Å². The molecule has 6 rings (SSSR count). The van der Waals surface area contributed by atoms with Crippen LogP contribution in [-0.4, -0.2) is 45.6 Å². The molecule has 1 aromatic heterocycles. The maximum Gasteiger partial charge on any atom is 0.275 e. The summed E-state index contributed by atoms with van der Waals surface area (Å²) in [6, 6.07) is 33.5. The number of anilines is 1. The number of rotatable bonds is 9. The molecule has 8 nitrogen and oxygen atoms in total. The number of amides is 1. The molecule has 4 atom stereocenters. The van der Waals surface area contributed by atoms with Crippen LogP contribution in [0.3, 0.4) is 0 Å². The number of carbonyl (C=O) groups is 1. The van der Waals surface area contributed by atoms with E-state index in [4.69, 9.17) is 9.47 Å². The smallest absolute Gasteiger partial charge is 0.275 e. The van der Waals surface area contributed by atoms with Crippen LogP contribution < -0.4 is 5.32 Å². The van der Waals surface area contributed by atoms with E-state index in [0.717, 1.165) is 22.2 Å². The number of benzene rings is 4. The van der Waals surface area contributed by atoms with Gasteiger partial charge in [0, 0.05) is 30.3 Å². The van der Waals surface area contributed by atoms with E-state index in [1.807, 2.05) is 78.9 Å². The number of aromatic nitrogens is 2. The molecule has 1 aliphatic heterocycles. The van der Waals surface area contributed by atoms with Crippen LogP contribution in [0.5, 0.6) is 0 Å². The molecule has 2 N–H and O–H groups in total. The highest BCUT2D eigenvalue weighted by molar-refractivity contribution is 6.03. The van der Waals surface area contributed by atoms with Crippen LogP contribution >= 0.6 is 0 Å². The molecule has 2 heterocycles. The molecule has 0 radical (unpaired) electrons. The van der Waals surface area contributed by atoms with Crippen molar-refractivity contribution in [2.24, 2.45) is 0 Å². The van der Waals surface area contributed by atoms with Crippen LogP contribution in [0.15, 0.2) is 109 Å². The first kappa shape index (κ1) is 29.6. The summed E-state index contributed by atoms with van der Waals surface area (Å²) in [7, 11) is 2.11. The maximum absolute atomic E-state index is 13.1. The van der Waals surface area contributed by atoms with Gasteiger partial charge in [0.25, 0.3) is 5.91 Å². The molecular formula is C36H36N4O4. The number of ether oxygens (including phenoxy) is 2. The third-order valence-electron chi connectivity index (χ3n) is 8.15. The third kappa shape index (κ3) is 6.85. The Bertz CT molecular complexity index is 1710. The summed E-state index contributed by atoms with van der Waals surface area (Å²) in [6.45, 7) is 2.90. The van der Waals surface area contributed by atoms with Crippen molar-refractivity contribution < 1.29 is 19.4 Å². The van der Waals surface area contributed by atoms with Crippen molar-refractivity contribution in [3.63, 3.8) is 0 Å². The van der Waals surface area contributed by atoms with E-state index in [2.05, 4.69) is 58.4 Å². The van der Waals surface area contributed by atoms with Crippen molar-refractivity contribution in [3.8, 4) is 0 Å². The maximum atomic E-state index is 13.1. The lowest BCUT2D eigenvalue weighted by atomic mass is 9.99. The SMILES string of the molecule is C[C@@H](c1ccccc1)N(C)C[C@@H]1C[C@H](c2ccc(CO)cc2)O[C@H](c2cccc(NC(=O)c3cnc4ccccc4n3)c2)O1. The average molecular weight is 589 g/mol. The third-order valence-corrected chi connectivity index (χ3v) is 8.15. The number of hydrogen-bond donors (Lipinski definition) is 2. The zero-order chi connectivity index (χ0) is 30.5. The molecular weight excluding hydrogens is 552 g/mol. The van der Waals surface area contributed by atoms with Gasteiger partial charge in [-0.25, -0.2) is 4.98 Å². The second-order valence-corrected chi connectivity index (χ2v) is 11.2. The molecule has 1 aliphatic rings. The summed E-state index contributed by atoms with van der Waals surface area (Å²) in [6.07, 6.45) is 1.20. The molecule has 1 saturated heterocycles. The summed E-state index contributed by atoms with van der Waals surface area (Å²) < 4.78 is 13.1. The molecule has 224 valence electrons. The molecule has 0 aliphatic carbocycles. The number of para-hydroxylation sites is 2. The highest BCUT2D eigenvalue weighted by Gasteiger charge is 2.33. The minimum absolute atomic E-state index is 0.00830. The highest BCUT2D eigenvalue weighted by atomic mass is 16.7. The molecule has 0 saturated carbocycles. The Kier molecular flexibility index (Phi) is 9.04. The van der Waals surface area contributed by atoms with E-state index in [0.29, 0.717) is 24.2 Å². The summed E-state index contributed by atoms with van der Waals surface area (Å²) in [4.78, 5) is 24.2. The lowest BCUT2D eigenvalue weighted by molar-refractivity contribution is -0.253. The van der Waals surface area contributed by atoms with E-state index >= 15 is 0 Å². The summed E-state index contributed by atoms with van der Waals surface area (Å²) in [5.74, 6) is -0.345. The van der Waals surface area contributed by atoms with Crippen LogP contribution in [0.25, 0.3) is 11.0 Å². The van der Waals surface area contributed by atoms with E-state index < -0.39 is 6.29 Å². The van der Waals surface area contributed by atoms with Crippen molar-refractivity contribution in [1.29, 1.82) is 0 Å². The van der Waals surface area contributed by atoms with Crippen molar-refractivity contribution >= 4 is 22.6 Å². The van der Waals surface area contributed by atoms with Crippen LogP contribution in [-0.2, 0) is 16.1 Å². The molecule has 8 heteroatoms. The number of carbonyl (C=O) groups excluding carboxylic acids is 1. The molecule has 0 unspecified atom stereocenters. The van der Waals surface area contributed by atoms with Gasteiger partial charge in [0.05, 0.1) is 36.0 Å². The van der Waals surface area contributed by atoms with Crippen molar-refractivity contribution in [2.45, 2.75) is 44.5 Å². The number of nitrogens with one attached hydrogen (secondary N) is 1. The Labute approximate surface area is 257 Å². The minimum Gasteiger partial charge on any atom is -0.392 e. The highest BCUT2D eigenvalue weighted by Crippen LogP contribution is 2.39. The van der Waals surface area contributed by atoms with Gasteiger partial charge < -0.3 is 19.9 Å². The van der Waals surface area contributed by atoms with Gasteiger partial charge in [-0.05, 0) is 54.9 Å². The first-order valence-electron chi connectivity index (χ1n) is 14.9. The Morgan fingerprint density at radius 2 is 1.68 bits per heavy atom. The fourth-order valence-electron chi connectivity index (χ4n) is 5.52. The fraction of sp³-hybridized carbons (Fsp3) is 0.250. The van der Waals surface area contributed by atoms with Gasteiger partial charge in [-0.1, -0.05) is 78.9 Å². The number of likely N-dealkylation sites (N-methyl/N-ethyl adjacent to an activating group) is 1. The lowest BCUT2D eigenvalue weighted by Gasteiger charge is -2.39. The largest absolute Gasteiger partial charge is 0.392 e. The molecule has 0 bridgehead atoms. The van der Waals surface area contributed by atoms with Gasteiger partial charge in [-0.3, -0.25) is 14.7 Å². The van der Waals surface area contributed by atoms with Gasteiger partial charge in [-0.2, -0.15) is 0 Å². The summed E-state index contributed by atoms with van der Waals surface area (Å²) in [5, 5.41) is 12.5. The molecule has 0 spiro atoms. The Hall–Kier alpha value is -4.47. The standard InChI is InChI=1S/C36H36N4O4/c1-24(26-9-4-3-5-10-26)40(2)22-30-20-34(27-17-15-25(23-41)16-18-27)44-36(43-30)28-11-8-12-29(19-28)38-35(42)33-21-37-31-13-6-7-14-32(31)39-33/h3-19,21,24,30,34,36,41H,20,22-23H2,1-2H3,(H,38,42)/t24-,30-,34+,36+/m0/s1. The predicted octanol–water partition coefficient (Wildman–Crippen LogP) is 6.61. The number of hydrogen-bond acceptors (Lipinski definition) is 7. The summed E-state index contributed by atoms with van der Waals surface area (Å²) in [5.41, 5.74) is 6.16. The Balaban J connectivity index is 1.22. The molecule has 4 aromatic carbocycles. The topological polar surface area (TPSA) is 96.8 Å². The fourth-order valence-corrected chi connectivity index (χ4v) is 5.52. The van der Waals surface area contributed by atoms with Crippen molar-refractivity contribution in [2.75, 3.05) is 18.9 Å². The number of nitrogens with zero attached hydrogens (tertiary/aromatic N) is 3. The second-order valence-electron chi connectivity index (χ2n) is 11.2. The van der Waals surface area contributed by atoms with Gasteiger partial charge >= 0.3 is 0 Å². The van der Waals surface area contributed by atoms with E-state index in [-0.39, 0.29) is 36.5 Å². The van der Waals surface area contributed by atoms with Crippen LogP contribution in [0.4, 0.5) is 5.69 Å². The summed E-state index contributed by atoms with van der Waals surface area (Å²) >= 11 is 0. The zero-order valence-electron chi connectivity index (χ0n) is 24.8. The average Bonchev–Trinajstić information content (AvgIpc) is 3.08. The van der Waals surface area contributed by atoms with E-state index in [1.54, 1.807) is 0 Å². The quantitative estimate of drug-likeness (QED) is 0.200. The number of fused-ring (bicyclic) bond motifs is 1. The van der Waals surface area contributed by atoms with Crippen LogP contribution in [0.2, 0.25) is 0 Å². The van der Waals surface area contributed by atoms with Crippen molar-refractivity contribution in [3.05, 3.63) is 137 Å². The monoisotopic (exact) mass is 588 g/mol. The number of aliphatic hydroxyl groups excluding tert-OH is 1. The van der Waals surface area contributed by atoms with Gasteiger partial charge in [0.15, 0.2) is 6.29 Å². The van der Waals surface area contributed by atoms with Crippen molar-refractivity contribution in [1.82, 2.24) is 14.9 Å². The van der Waals surface area contributed by atoms with Gasteiger partial charge in [-0.15, -0.1) is 0 Å². The molecule has 44 heavy (non-hydrogen) atoms. The zero-order valence-corrected chi connectivity index (χ0v) is 24.8. The van der Waals surface area contributed by atoms with Gasteiger partial charge in [0.2, 0.25) is 0 Å². The first-order valence-corrected chi connectivity index (χ1v) is 14.9. The van der Waals surface area contributed by atoms with E-state index in [9.17, 15) is 9.90 Å². The van der Waals surface area contributed by atoms with Crippen LogP contribution in [0.1, 0.15) is 64.5 Å². The molecule has 1 amide bonds.